The second kappa shape index (κ2) is 9.72. The molecule has 0 saturated heterocycles. The minimum atomic E-state index is -0.479. The fourth-order valence-electron chi connectivity index (χ4n) is 2.00. The van der Waals surface area contributed by atoms with Gasteiger partial charge in [0, 0.05) is 6.42 Å². The van der Waals surface area contributed by atoms with Crippen molar-refractivity contribution in [2.24, 2.45) is 0 Å². The summed E-state index contributed by atoms with van der Waals surface area (Å²) in [6, 6.07) is 0. The SMILES string of the molecule is CCCC(OOC(C)(C)CCC)OOC(C)(C)CCC. The van der Waals surface area contributed by atoms with E-state index in [9.17, 15) is 0 Å². The van der Waals surface area contributed by atoms with E-state index < -0.39 is 6.29 Å². The van der Waals surface area contributed by atoms with Crippen molar-refractivity contribution < 1.29 is 19.6 Å². The zero-order chi connectivity index (χ0) is 15.6. The van der Waals surface area contributed by atoms with Gasteiger partial charge in [0.15, 0.2) is 0 Å². The van der Waals surface area contributed by atoms with Crippen LogP contribution >= 0.6 is 0 Å². The Morgan fingerprint density at radius 1 is 0.700 bits per heavy atom. The highest BCUT2D eigenvalue weighted by Gasteiger charge is 2.25. The van der Waals surface area contributed by atoms with E-state index in [-0.39, 0.29) is 11.2 Å². The minimum absolute atomic E-state index is 0.303. The summed E-state index contributed by atoms with van der Waals surface area (Å²) < 4.78 is 0. The molecule has 0 N–H and O–H groups in total. The zero-order valence-electron chi connectivity index (χ0n) is 14.5. The summed E-state index contributed by atoms with van der Waals surface area (Å²) in [5.74, 6) is 0. The molecule has 0 amide bonds. The van der Waals surface area contributed by atoms with Crippen LogP contribution in [-0.2, 0) is 19.6 Å². The highest BCUT2D eigenvalue weighted by molar-refractivity contribution is 4.65. The van der Waals surface area contributed by atoms with Crippen LogP contribution in [0.4, 0.5) is 0 Å². The molecule has 0 bridgehead atoms. The van der Waals surface area contributed by atoms with Crippen LogP contribution in [0.1, 0.15) is 87.0 Å². The Balaban J connectivity index is 4.22. The Bertz CT molecular complexity index is 217. The van der Waals surface area contributed by atoms with Gasteiger partial charge in [-0.25, -0.2) is 19.6 Å². The lowest BCUT2D eigenvalue weighted by Gasteiger charge is -2.28. The van der Waals surface area contributed by atoms with Crippen molar-refractivity contribution in [1.29, 1.82) is 0 Å². The molecule has 0 atom stereocenters. The van der Waals surface area contributed by atoms with Crippen LogP contribution in [0.25, 0.3) is 0 Å². The average molecular weight is 290 g/mol. The Morgan fingerprint density at radius 3 is 1.40 bits per heavy atom. The molecule has 0 aliphatic heterocycles. The summed E-state index contributed by atoms with van der Waals surface area (Å²) in [6.45, 7) is 14.4. The van der Waals surface area contributed by atoms with E-state index in [0.717, 1.165) is 38.5 Å². The Labute approximate surface area is 125 Å². The molecule has 0 unspecified atom stereocenters. The van der Waals surface area contributed by atoms with Gasteiger partial charge in [0.2, 0.25) is 6.29 Å². The molecule has 0 spiro atoms. The van der Waals surface area contributed by atoms with Gasteiger partial charge in [0.25, 0.3) is 0 Å². The monoisotopic (exact) mass is 290 g/mol. The lowest BCUT2D eigenvalue weighted by Crippen LogP contribution is -2.32. The maximum atomic E-state index is 5.50. The normalized spacial score (nSPS) is 13.2. The molecular weight excluding hydrogens is 256 g/mol. The standard InChI is InChI=1S/C16H34O4/c1-8-11-14(17-19-15(4,5)12-9-2)18-20-16(6,7)13-10-3/h14H,8-13H2,1-7H3. The smallest absolute Gasteiger partial charge is 0.224 e. The van der Waals surface area contributed by atoms with Gasteiger partial charge < -0.3 is 0 Å². The van der Waals surface area contributed by atoms with Crippen molar-refractivity contribution >= 4 is 0 Å². The van der Waals surface area contributed by atoms with Gasteiger partial charge in [-0.15, -0.1) is 0 Å². The van der Waals surface area contributed by atoms with E-state index in [1.165, 1.54) is 0 Å². The Hall–Kier alpha value is -0.160. The molecule has 0 rings (SSSR count). The number of hydrogen-bond donors (Lipinski definition) is 0. The topological polar surface area (TPSA) is 36.9 Å². The molecular formula is C16H34O4. The van der Waals surface area contributed by atoms with Crippen LogP contribution in [0.3, 0.4) is 0 Å². The van der Waals surface area contributed by atoms with Gasteiger partial charge in [-0.2, -0.15) is 0 Å². The molecule has 20 heavy (non-hydrogen) atoms. The lowest BCUT2D eigenvalue weighted by atomic mass is 10.0. The second-order valence-electron chi connectivity index (χ2n) is 6.60. The molecule has 0 heterocycles. The van der Waals surface area contributed by atoms with Gasteiger partial charge in [0.05, 0.1) is 11.2 Å². The molecule has 4 nitrogen and oxygen atoms in total. The van der Waals surface area contributed by atoms with E-state index in [4.69, 9.17) is 19.6 Å². The number of rotatable bonds is 12. The zero-order valence-corrected chi connectivity index (χ0v) is 14.5. The van der Waals surface area contributed by atoms with Gasteiger partial charge in [-0.3, -0.25) is 0 Å². The lowest BCUT2D eigenvalue weighted by molar-refractivity contribution is -0.501. The molecule has 0 aromatic rings. The quantitative estimate of drug-likeness (QED) is 0.282. The maximum Gasteiger partial charge on any atom is 0.224 e. The van der Waals surface area contributed by atoms with E-state index in [2.05, 4.69) is 20.8 Å². The first-order valence-corrected chi connectivity index (χ1v) is 7.95. The van der Waals surface area contributed by atoms with Crippen LogP contribution in [0.5, 0.6) is 0 Å². The molecule has 0 fully saturated rings. The first-order chi connectivity index (χ1) is 9.26. The van der Waals surface area contributed by atoms with Crippen molar-refractivity contribution in [3.63, 3.8) is 0 Å². The van der Waals surface area contributed by atoms with Crippen molar-refractivity contribution in [1.82, 2.24) is 0 Å². The van der Waals surface area contributed by atoms with Crippen LogP contribution in [-0.4, -0.2) is 17.5 Å². The first-order valence-electron chi connectivity index (χ1n) is 7.95. The summed E-state index contributed by atoms with van der Waals surface area (Å²) in [4.78, 5) is 21.9. The summed E-state index contributed by atoms with van der Waals surface area (Å²) in [5.41, 5.74) is -0.605. The number of hydrogen-bond acceptors (Lipinski definition) is 4. The van der Waals surface area contributed by atoms with Gasteiger partial charge in [0.1, 0.15) is 0 Å². The molecule has 0 aromatic heterocycles. The highest BCUT2D eigenvalue weighted by Crippen LogP contribution is 2.22. The van der Waals surface area contributed by atoms with Crippen LogP contribution in [0, 0.1) is 0 Å². The fraction of sp³-hybridized carbons (Fsp3) is 1.00. The minimum Gasteiger partial charge on any atom is -0.228 e. The van der Waals surface area contributed by atoms with E-state index in [0.29, 0.717) is 0 Å². The predicted octanol–water partition coefficient (Wildman–Crippen LogP) is 5.17. The molecule has 0 saturated carbocycles. The summed E-state index contributed by atoms with van der Waals surface area (Å²) in [6.07, 6.45) is 5.18. The van der Waals surface area contributed by atoms with Crippen LogP contribution in [0.2, 0.25) is 0 Å². The summed E-state index contributed by atoms with van der Waals surface area (Å²) in [5, 5.41) is 0. The highest BCUT2D eigenvalue weighted by atomic mass is 17.3. The maximum absolute atomic E-state index is 5.50. The summed E-state index contributed by atoms with van der Waals surface area (Å²) >= 11 is 0. The van der Waals surface area contributed by atoms with Crippen LogP contribution < -0.4 is 0 Å². The Kier molecular flexibility index (Phi) is 9.64. The Morgan fingerprint density at radius 2 is 1.10 bits per heavy atom. The van der Waals surface area contributed by atoms with Crippen molar-refractivity contribution in [2.75, 3.05) is 0 Å². The van der Waals surface area contributed by atoms with E-state index >= 15 is 0 Å². The van der Waals surface area contributed by atoms with Gasteiger partial charge in [-0.1, -0.05) is 40.0 Å². The third-order valence-corrected chi connectivity index (χ3v) is 2.99. The summed E-state index contributed by atoms with van der Waals surface area (Å²) in [7, 11) is 0. The molecule has 0 aliphatic carbocycles. The largest absolute Gasteiger partial charge is 0.228 e. The third-order valence-electron chi connectivity index (χ3n) is 2.99. The van der Waals surface area contributed by atoms with Crippen molar-refractivity contribution in [3.8, 4) is 0 Å². The second-order valence-corrected chi connectivity index (χ2v) is 6.60. The van der Waals surface area contributed by atoms with Gasteiger partial charge >= 0.3 is 0 Å². The first kappa shape index (κ1) is 19.8. The molecule has 0 radical (unpaired) electrons. The van der Waals surface area contributed by atoms with Crippen LogP contribution in [0.15, 0.2) is 0 Å². The van der Waals surface area contributed by atoms with E-state index in [1.807, 2.05) is 27.7 Å². The fourth-order valence-corrected chi connectivity index (χ4v) is 2.00. The van der Waals surface area contributed by atoms with E-state index in [1.54, 1.807) is 0 Å². The predicted molar refractivity (Wildman–Crippen MR) is 81.0 cm³/mol. The van der Waals surface area contributed by atoms with Crippen molar-refractivity contribution in [3.05, 3.63) is 0 Å². The average Bonchev–Trinajstić information content (AvgIpc) is 2.32. The molecule has 0 aliphatic rings. The molecule has 0 aromatic carbocycles. The third kappa shape index (κ3) is 9.70. The molecule has 122 valence electrons. The van der Waals surface area contributed by atoms with Crippen molar-refractivity contribution in [2.45, 2.75) is 104 Å². The molecule has 4 heteroatoms. The van der Waals surface area contributed by atoms with Gasteiger partial charge in [-0.05, 0) is 40.5 Å².